The molecule has 35 heavy (non-hydrogen) atoms. The van der Waals surface area contributed by atoms with Gasteiger partial charge in [0.15, 0.2) is 17.3 Å². The Bertz CT molecular complexity index is 1360. The predicted octanol–water partition coefficient (Wildman–Crippen LogP) is 3.91. The van der Waals surface area contributed by atoms with Gasteiger partial charge in [-0.2, -0.15) is 0 Å². The van der Waals surface area contributed by atoms with Crippen molar-refractivity contribution in [2.24, 2.45) is 0 Å². The molecule has 0 radical (unpaired) electrons. The highest BCUT2D eigenvalue weighted by molar-refractivity contribution is 6.06. The van der Waals surface area contributed by atoms with Crippen LogP contribution in [0, 0.1) is 0 Å². The number of amides is 1. The number of hydrogen-bond donors (Lipinski definition) is 2. The van der Waals surface area contributed by atoms with Crippen molar-refractivity contribution >= 4 is 17.6 Å². The van der Waals surface area contributed by atoms with Crippen LogP contribution in [-0.4, -0.2) is 53.1 Å². The summed E-state index contributed by atoms with van der Waals surface area (Å²) in [7, 11) is 4.50. The molecule has 0 aliphatic carbocycles. The lowest BCUT2D eigenvalue weighted by atomic mass is 10.2. The number of methoxy groups -OCH3 is 3. The normalized spacial score (nSPS) is 10.5. The summed E-state index contributed by atoms with van der Waals surface area (Å²) in [5.74, 6) is -0.392. The van der Waals surface area contributed by atoms with E-state index in [9.17, 15) is 14.7 Å². The molecule has 10 heteroatoms. The van der Waals surface area contributed by atoms with E-state index in [1.807, 2.05) is 30.3 Å². The number of aromatic carboxylic acids is 1. The third-order valence-corrected chi connectivity index (χ3v) is 5.14. The Balaban J connectivity index is 1.83. The van der Waals surface area contributed by atoms with Crippen LogP contribution in [0.1, 0.15) is 21.0 Å². The number of carbonyl (C=O) groups is 2. The summed E-state index contributed by atoms with van der Waals surface area (Å²) in [6.07, 6.45) is 0. The number of hydrogen-bond acceptors (Lipinski definition) is 7. The molecule has 2 N–H and O–H groups in total. The highest BCUT2D eigenvalue weighted by atomic mass is 16.5. The van der Waals surface area contributed by atoms with Gasteiger partial charge >= 0.3 is 5.97 Å². The molecule has 3 aromatic carbocycles. The molecule has 1 amide bonds. The number of carboxylic acid groups (broad SMARTS) is 1. The van der Waals surface area contributed by atoms with Gasteiger partial charge in [0.05, 0.1) is 38.3 Å². The third-order valence-electron chi connectivity index (χ3n) is 5.14. The number of nitrogens with zero attached hydrogens (tertiary/aromatic N) is 3. The Morgan fingerprint density at radius 3 is 2.11 bits per heavy atom. The maximum absolute atomic E-state index is 13.1. The quantitative estimate of drug-likeness (QED) is 0.394. The number of rotatable bonds is 8. The van der Waals surface area contributed by atoms with Gasteiger partial charge in [0.1, 0.15) is 0 Å². The summed E-state index contributed by atoms with van der Waals surface area (Å²) < 4.78 is 17.8. The van der Waals surface area contributed by atoms with E-state index in [-0.39, 0.29) is 17.1 Å². The first-order valence-corrected chi connectivity index (χ1v) is 10.4. The van der Waals surface area contributed by atoms with Crippen molar-refractivity contribution in [3.05, 3.63) is 78.1 Å². The number of para-hydroxylation sites is 1. The molecule has 0 saturated carbocycles. The highest BCUT2D eigenvalue weighted by Gasteiger charge is 2.23. The second-order valence-corrected chi connectivity index (χ2v) is 7.23. The zero-order chi connectivity index (χ0) is 24.9. The zero-order valence-electron chi connectivity index (χ0n) is 19.2. The van der Waals surface area contributed by atoms with Crippen LogP contribution < -0.4 is 19.5 Å². The van der Waals surface area contributed by atoms with Gasteiger partial charge in [0.2, 0.25) is 11.6 Å². The topological polar surface area (TPSA) is 125 Å². The summed E-state index contributed by atoms with van der Waals surface area (Å²) >= 11 is 0. The van der Waals surface area contributed by atoms with Crippen molar-refractivity contribution in [2.75, 3.05) is 26.6 Å². The van der Waals surface area contributed by atoms with Crippen LogP contribution in [0.5, 0.6) is 17.2 Å². The molecule has 178 valence electrons. The summed E-state index contributed by atoms with van der Waals surface area (Å²) in [5, 5.41) is 16.4. The molecule has 0 atom stereocenters. The van der Waals surface area contributed by atoms with E-state index >= 15 is 0 Å². The molecule has 0 unspecified atom stereocenters. The predicted molar refractivity (Wildman–Crippen MR) is 128 cm³/mol. The lowest BCUT2D eigenvalue weighted by Crippen LogP contribution is -2.16. The molecule has 0 bridgehead atoms. The minimum absolute atomic E-state index is 0.0480. The second kappa shape index (κ2) is 9.96. The largest absolute Gasteiger partial charge is 0.493 e. The maximum atomic E-state index is 13.1. The van der Waals surface area contributed by atoms with Gasteiger partial charge < -0.3 is 24.6 Å². The van der Waals surface area contributed by atoms with Gasteiger partial charge in [0, 0.05) is 17.7 Å². The third kappa shape index (κ3) is 4.62. The molecule has 1 aromatic heterocycles. The van der Waals surface area contributed by atoms with E-state index in [1.165, 1.54) is 38.1 Å². The van der Waals surface area contributed by atoms with Crippen LogP contribution in [0.4, 0.5) is 5.69 Å². The molecular weight excluding hydrogens is 452 g/mol. The van der Waals surface area contributed by atoms with E-state index in [2.05, 4.69) is 15.4 Å². The van der Waals surface area contributed by atoms with Crippen molar-refractivity contribution in [1.29, 1.82) is 0 Å². The van der Waals surface area contributed by atoms with Crippen LogP contribution in [-0.2, 0) is 0 Å². The SMILES string of the molecule is COc1cc(-n2nc(C(=O)Nc3ccccc3C(=O)O)nc2-c2ccccc2)cc(OC)c1OC. The fraction of sp³-hybridized carbons (Fsp3) is 0.120. The van der Waals surface area contributed by atoms with Crippen LogP contribution >= 0.6 is 0 Å². The molecule has 0 saturated heterocycles. The number of carbonyl (C=O) groups excluding carboxylic acids is 1. The first-order chi connectivity index (χ1) is 17.0. The molecule has 1 heterocycles. The van der Waals surface area contributed by atoms with Crippen LogP contribution in [0.25, 0.3) is 17.1 Å². The Labute approximate surface area is 200 Å². The molecule has 0 aliphatic rings. The molecule has 4 aromatic rings. The Morgan fingerprint density at radius 2 is 1.51 bits per heavy atom. The van der Waals surface area contributed by atoms with Gasteiger partial charge in [-0.15, -0.1) is 5.10 Å². The smallest absolute Gasteiger partial charge is 0.337 e. The number of nitrogens with one attached hydrogen (secondary N) is 1. The molecule has 4 rings (SSSR count). The van der Waals surface area contributed by atoms with Crippen molar-refractivity contribution < 1.29 is 28.9 Å². The van der Waals surface area contributed by atoms with Crippen molar-refractivity contribution in [2.45, 2.75) is 0 Å². The molecule has 0 spiro atoms. The lowest BCUT2D eigenvalue weighted by Gasteiger charge is -2.14. The fourth-order valence-electron chi connectivity index (χ4n) is 3.51. The van der Waals surface area contributed by atoms with Gasteiger partial charge in [0.25, 0.3) is 5.91 Å². The zero-order valence-corrected chi connectivity index (χ0v) is 19.2. The lowest BCUT2D eigenvalue weighted by molar-refractivity contribution is 0.0698. The first kappa shape index (κ1) is 23.3. The van der Waals surface area contributed by atoms with Gasteiger partial charge in [-0.25, -0.2) is 14.5 Å². The van der Waals surface area contributed by atoms with Crippen LogP contribution in [0.15, 0.2) is 66.7 Å². The average molecular weight is 474 g/mol. The number of benzene rings is 3. The molecule has 0 fully saturated rings. The summed E-state index contributed by atoms with van der Waals surface area (Å²) in [6.45, 7) is 0. The van der Waals surface area contributed by atoms with Crippen molar-refractivity contribution in [1.82, 2.24) is 14.8 Å². The summed E-state index contributed by atoms with van der Waals surface area (Å²) in [6, 6.07) is 18.7. The fourth-order valence-corrected chi connectivity index (χ4v) is 3.51. The number of carboxylic acids is 1. The Hall–Kier alpha value is -4.86. The van der Waals surface area contributed by atoms with Crippen molar-refractivity contribution in [3.63, 3.8) is 0 Å². The summed E-state index contributed by atoms with van der Waals surface area (Å²) in [5.41, 5.74) is 1.30. The number of aromatic nitrogens is 3. The van der Waals surface area contributed by atoms with Gasteiger partial charge in [-0.05, 0) is 12.1 Å². The minimum Gasteiger partial charge on any atom is -0.493 e. The average Bonchev–Trinajstić information content (AvgIpc) is 3.34. The standard InChI is InChI=1S/C25H22N4O6/c1-33-19-13-16(14-20(34-2)21(19)35-3)29-23(15-9-5-4-6-10-15)27-22(28-29)24(30)26-18-12-8-7-11-17(18)25(31)32/h4-14H,1-3H3,(H,26,30)(H,31,32). The van der Waals surface area contributed by atoms with Gasteiger partial charge in [-0.1, -0.05) is 42.5 Å². The molecule has 0 aliphatic heterocycles. The van der Waals surface area contributed by atoms with E-state index in [0.29, 0.717) is 34.3 Å². The monoisotopic (exact) mass is 474 g/mol. The maximum Gasteiger partial charge on any atom is 0.337 e. The number of ether oxygens (including phenoxy) is 3. The number of anilines is 1. The minimum atomic E-state index is -1.17. The van der Waals surface area contributed by atoms with Crippen LogP contribution in [0.3, 0.4) is 0 Å². The van der Waals surface area contributed by atoms with E-state index in [4.69, 9.17) is 14.2 Å². The van der Waals surface area contributed by atoms with E-state index in [1.54, 1.807) is 24.3 Å². The Morgan fingerprint density at radius 1 is 0.886 bits per heavy atom. The van der Waals surface area contributed by atoms with E-state index in [0.717, 1.165) is 0 Å². The second-order valence-electron chi connectivity index (χ2n) is 7.23. The molecule has 10 nitrogen and oxygen atoms in total. The molecular formula is C25H22N4O6. The van der Waals surface area contributed by atoms with Gasteiger partial charge in [-0.3, -0.25) is 4.79 Å². The van der Waals surface area contributed by atoms with E-state index < -0.39 is 11.9 Å². The van der Waals surface area contributed by atoms with Crippen LogP contribution in [0.2, 0.25) is 0 Å². The highest BCUT2D eigenvalue weighted by Crippen LogP contribution is 2.40. The summed E-state index contributed by atoms with van der Waals surface area (Å²) in [4.78, 5) is 29.0. The van der Waals surface area contributed by atoms with Crippen molar-refractivity contribution in [3.8, 4) is 34.3 Å². The first-order valence-electron chi connectivity index (χ1n) is 10.4. The Kier molecular flexibility index (Phi) is 6.63.